The number of aryl methyl sites for hydroxylation is 1. The first kappa shape index (κ1) is 14.7. The molecule has 0 atom stereocenters. The lowest BCUT2D eigenvalue weighted by Crippen LogP contribution is -2.39. The van der Waals surface area contributed by atoms with Crippen molar-refractivity contribution in [3.63, 3.8) is 0 Å². The molecule has 1 heterocycles. The van der Waals surface area contributed by atoms with Crippen LogP contribution in [0, 0.1) is 5.92 Å². The molecular formula is C13H22N2O3. The van der Waals surface area contributed by atoms with Crippen molar-refractivity contribution in [1.82, 2.24) is 9.13 Å². The minimum Gasteiger partial charge on any atom is -0.380 e. The maximum atomic E-state index is 11.9. The Bertz CT molecular complexity index is 474. The zero-order chi connectivity index (χ0) is 13.5. The Kier molecular flexibility index (Phi) is 5.85. The molecule has 18 heavy (non-hydrogen) atoms. The van der Waals surface area contributed by atoms with E-state index in [1.165, 1.54) is 21.4 Å². The Balaban J connectivity index is 2.57. The topological polar surface area (TPSA) is 53.2 Å². The third kappa shape index (κ3) is 4.14. The standard InChI is InChI=1S/C13H22N2O3/c1-4-14-7-5-12(16)15(13(14)17)8-10-18-9-6-11(2)3/h5,7,11H,4,6,8-10H2,1-3H3. The molecule has 0 saturated heterocycles. The van der Waals surface area contributed by atoms with Crippen molar-refractivity contribution in [1.29, 1.82) is 0 Å². The molecule has 0 bridgehead atoms. The second-order valence-electron chi connectivity index (χ2n) is 4.67. The first-order valence-corrected chi connectivity index (χ1v) is 6.44. The van der Waals surface area contributed by atoms with E-state index < -0.39 is 0 Å². The van der Waals surface area contributed by atoms with Gasteiger partial charge in [-0.3, -0.25) is 9.36 Å². The van der Waals surface area contributed by atoms with Gasteiger partial charge in [-0.2, -0.15) is 0 Å². The van der Waals surface area contributed by atoms with Gasteiger partial charge in [-0.05, 0) is 19.3 Å². The summed E-state index contributed by atoms with van der Waals surface area (Å²) in [6, 6.07) is 1.42. The van der Waals surface area contributed by atoms with Crippen molar-refractivity contribution >= 4 is 0 Å². The third-order valence-corrected chi connectivity index (χ3v) is 2.78. The molecule has 0 N–H and O–H groups in total. The molecule has 0 unspecified atom stereocenters. The van der Waals surface area contributed by atoms with Gasteiger partial charge < -0.3 is 9.30 Å². The van der Waals surface area contributed by atoms with Crippen LogP contribution in [0.5, 0.6) is 0 Å². The number of nitrogens with zero attached hydrogens (tertiary/aromatic N) is 2. The minimum atomic E-state index is -0.267. The lowest BCUT2D eigenvalue weighted by atomic mass is 10.1. The van der Waals surface area contributed by atoms with Crippen LogP contribution in [0.4, 0.5) is 0 Å². The Morgan fingerprint density at radius 2 is 2.00 bits per heavy atom. The monoisotopic (exact) mass is 254 g/mol. The molecular weight excluding hydrogens is 232 g/mol. The van der Waals surface area contributed by atoms with Crippen LogP contribution in [-0.2, 0) is 17.8 Å². The molecule has 5 heteroatoms. The van der Waals surface area contributed by atoms with E-state index in [1.54, 1.807) is 0 Å². The molecule has 0 aliphatic carbocycles. The van der Waals surface area contributed by atoms with E-state index in [4.69, 9.17) is 4.74 Å². The zero-order valence-corrected chi connectivity index (χ0v) is 11.4. The van der Waals surface area contributed by atoms with E-state index >= 15 is 0 Å². The molecule has 0 aromatic carbocycles. The van der Waals surface area contributed by atoms with Gasteiger partial charge >= 0.3 is 5.69 Å². The second kappa shape index (κ2) is 7.16. The maximum Gasteiger partial charge on any atom is 0.331 e. The van der Waals surface area contributed by atoms with E-state index in [-0.39, 0.29) is 11.2 Å². The summed E-state index contributed by atoms with van der Waals surface area (Å²) in [5.74, 6) is 0.599. The van der Waals surface area contributed by atoms with Gasteiger partial charge in [0, 0.05) is 25.4 Å². The van der Waals surface area contributed by atoms with Crippen molar-refractivity contribution in [3.05, 3.63) is 33.1 Å². The zero-order valence-electron chi connectivity index (χ0n) is 11.4. The van der Waals surface area contributed by atoms with Crippen molar-refractivity contribution in [3.8, 4) is 0 Å². The van der Waals surface area contributed by atoms with Gasteiger partial charge in [-0.15, -0.1) is 0 Å². The number of aromatic nitrogens is 2. The molecule has 0 aliphatic heterocycles. The first-order valence-electron chi connectivity index (χ1n) is 6.44. The molecule has 0 spiro atoms. The highest BCUT2D eigenvalue weighted by molar-refractivity contribution is 4.86. The van der Waals surface area contributed by atoms with Gasteiger partial charge in [0.25, 0.3) is 5.56 Å². The van der Waals surface area contributed by atoms with Crippen LogP contribution < -0.4 is 11.2 Å². The Morgan fingerprint density at radius 3 is 2.61 bits per heavy atom. The van der Waals surface area contributed by atoms with Crippen LogP contribution in [0.25, 0.3) is 0 Å². The normalized spacial score (nSPS) is 11.1. The summed E-state index contributed by atoms with van der Waals surface area (Å²) in [7, 11) is 0. The summed E-state index contributed by atoms with van der Waals surface area (Å²) in [6.07, 6.45) is 2.52. The van der Waals surface area contributed by atoms with Crippen molar-refractivity contribution in [2.75, 3.05) is 13.2 Å². The van der Waals surface area contributed by atoms with Crippen LogP contribution in [0.1, 0.15) is 27.2 Å². The second-order valence-corrected chi connectivity index (χ2v) is 4.67. The highest BCUT2D eigenvalue weighted by Crippen LogP contribution is 1.98. The lowest BCUT2D eigenvalue weighted by Gasteiger charge is -2.09. The maximum absolute atomic E-state index is 11.9. The Labute approximate surface area is 107 Å². The summed E-state index contributed by atoms with van der Waals surface area (Å²) in [6.45, 7) is 8.08. The van der Waals surface area contributed by atoms with Crippen molar-refractivity contribution in [2.45, 2.75) is 40.3 Å². The van der Waals surface area contributed by atoms with E-state index in [0.717, 1.165) is 6.42 Å². The first-order chi connectivity index (χ1) is 8.56. The summed E-state index contributed by atoms with van der Waals surface area (Å²) >= 11 is 0. The van der Waals surface area contributed by atoms with Crippen molar-refractivity contribution in [2.24, 2.45) is 5.92 Å². The number of rotatable bonds is 7. The van der Waals surface area contributed by atoms with Gasteiger partial charge in [0.05, 0.1) is 13.2 Å². The summed E-state index contributed by atoms with van der Waals surface area (Å²) < 4.78 is 8.15. The number of hydrogen-bond donors (Lipinski definition) is 0. The van der Waals surface area contributed by atoms with Gasteiger partial charge in [-0.25, -0.2) is 4.79 Å². The molecule has 1 aromatic rings. The molecule has 5 nitrogen and oxygen atoms in total. The molecule has 0 amide bonds. The summed E-state index contributed by atoms with van der Waals surface area (Å²) in [4.78, 5) is 23.4. The lowest BCUT2D eigenvalue weighted by molar-refractivity contribution is 0.114. The van der Waals surface area contributed by atoms with Gasteiger partial charge in [0.2, 0.25) is 0 Å². The predicted molar refractivity (Wildman–Crippen MR) is 70.9 cm³/mol. The Morgan fingerprint density at radius 1 is 1.28 bits per heavy atom. The molecule has 1 aromatic heterocycles. The summed E-state index contributed by atoms with van der Waals surface area (Å²) in [5, 5.41) is 0. The fraction of sp³-hybridized carbons (Fsp3) is 0.692. The fourth-order valence-electron chi connectivity index (χ4n) is 1.58. The van der Waals surface area contributed by atoms with Crippen LogP contribution in [0.15, 0.2) is 21.9 Å². The van der Waals surface area contributed by atoms with Crippen molar-refractivity contribution < 1.29 is 4.74 Å². The quantitative estimate of drug-likeness (QED) is 0.684. The fourth-order valence-corrected chi connectivity index (χ4v) is 1.58. The van der Waals surface area contributed by atoms with Gasteiger partial charge in [0.15, 0.2) is 0 Å². The molecule has 0 radical (unpaired) electrons. The predicted octanol–water partition coefficient (Wildman–Crippen LogP) is 1.09. The van der Waals surface area contributed by atoms with E-state index in [9.17, 15) is 9.59 Å². The van der Waals surface area contributed by atoms with Gasteiger partial charge in [-0.1, -0.05) is 13.8 Å². The third-order valence-electron chi connectivity index (χ3n) is 2.78. The van der Waals surface area contributed by atoms with Crippen LogP contribution in [-0.4, -0.2) is 22.3 Å². The molecule has 0 fully saturated rings. The highest BCUT2D eigenvalue weighted by atomic mass is 16.5. The molecule has 0 saturated carbocycles. The SMILES string of the molecule is CCn1ccc(=O)n(CCOCCC(C)C)c1=O. The summed E-state index contributed by atoms with van der Waals surface area (Å²) in [5.41, 5.74) is -0.533. The highest BCUT2D eigenvalue weighted by Gasteiger charge is 2.03. The average Bonchev–Trinajstić information content (AvgIpc) is 2.32. The molecule has 1 rings (SSSR count). The number of hydrogen-bond acceptors (Lipinski definition) is 3. The largest absolute Gasteiger partial charge is 0.380 e. The number of ether oxygens (including phenoxy) is 1. The Hall–Kier alpha value is -1.36. The minimum absolute atomic E-state index is 0.266. The molecule has 102 valence electrons. The van der Waals surface area contributed by atoms with Crippen LogP contribution >= 0.6 is 0 Å². The van der Waals surface area contributed by atoms with E-state index in [2.05, 4.69) is 13.8 Å². The van der Waals surface area contributed by atoms with E-state index in [1.807, 2.05) is 6.92 Å². The molecule has 0 aliphatic rings. The van der Waals surface area contributed by atoms with E-state index in [0.29, 0.717) is 32.2 Å². The van der Waals surface area contributed by atoms with Gasteiger partial charge in [0.1, 0.15) is 0 Å². The average molecular weight is 254 g/mol. The van der Waals surface area contributed by atoms with Crippen LogP contribution in [0.2, 0.25) is 0 Å². The van der Waals surface area contributed by atoms with Crippen LogP contribution in [0.3, 0.4) is 0 Å². The smallest absolute Gasteiger partial charge is 0.331 e.